The number of anilines is 2. The molecule has 4 aromatic rings. The van der Waals surface area contributed by atoms with E-state index in [1.54, 1.807) is 12.4 Å². The molecule has 1 fully saturated rings. The Morgan fingerprint density at radius 3 is 2.28 bits per heavy atom. The first-order chi connectivity index (χ1) is 17.1. The van der Waals surface area contributed by atoms with Crippen molar-refractivity contribution in [3.8, 4) is 11.3 Å². The second-order valence-corrected chi connectivity index (χ2v) is 8.22. The SMILES string of the molecule is CN(C)c1ncc(-c2nccnc2C2CN(c3ccc4ccccc4n3)C2)cn1.O=C(O)C(F)(F)F. The third-order valence-electron chi connectivity index (χ3n) is 5.46. The lowest BCUT2D eigenvalue weighted by Gasteiger charge is -2.40. The van der Waals surface area contributed by atoms with E-state index in [-0.39, 0.29) is 0 Å². The molecule has 1 N–H and O–H groups in total. The van der Waals surface area contributed by atoms with Crippen LogP contribution in [0.2, 0.25) is 0 Å². The van der Waals surface area contributed by atoms with Crippen LogP contribution in [0.1, 0.15) is 11.6 Å². The summed E-state index contributed by atoms with van der Waals surface area (Å²) in [5.41, 5.74) is 3.76. The highest BCUT2D eigenvalue weighted by atomic mass is 19.4. The van der Waals surface area contributed by atoms with Crippen LogP contribution in [0.25, 0.3) is 22.2 Å². The van der Waals surface area contributed by atoms with Crippen molar-refractivity contribution in [3.05, 3.63) is 66.9 Å². The number of alkyl halides is 3. The van der Waals surface area contributed by atoms with Gasteiger partial charge in [-0.1, -0.05) is 18.2 Å². The second-order valence-electron chi connectivity index (χ2n) is 8.22. The smallest absolute Gasteiger partial charge is 0.475 e. The molecule has 0 spiro atoms. The van der Waals surface area contributed by atoms with Gasteiger partial charge in [0.05, 0.1) is 16.9 Å². The molecule has 12 heteroatoms. The fraction of sp³-hybridized carbons (Fsp3) is 0.250. The maximum atomic E-state index is 10.6. The van der Waals surface area contributed by atoms with Crippen molar-refractivity contribution in [1.82, 2.24) is 24.9 Å². The number of carboxylic acids is 1. The van der Waals surface area contributed by atoms with Gasteiger partial charge in [0.25, 0.3) is 0 Å². The van der Waals surface area contributed by atoms with Gasteiger partial charge in [-0.25, -0.2) is 19.7 Å². The van der Waals surface area contributed by atoms with Crippen molar-refractivity contribution in [3.63, 3.8) is 0 Å². The minimum atomic E-state index is -5.08. The summed E-state index contributed by atoms with van der Waals surface area (Å²) in [5.74, 6) is -0.770. The van der Waals surface area contributed by atoms with Crippen molar-refractivity contribution in [2.45, 2.75) is 12.1 Å². The minimum Gasteiger partial charge on any atom is -0.475 e. The Hall–Kier alpha value is -4.35. The van der Waals surface area contributed by atoms with Crippen LogP contribution in [-0.4, -0.2) is 69.4 Å². The molecule has 1 saturated heterocycles. The minimum absolute atomic E-state index is 0.306. The van der Waals surface area contributed by atoms with E-state index in [9.17, 15) is 13.2 Å². The van der Waals surface area contributed by atoms with E-state index in [2.05, 4.69) is 43.0 Å². The van der Waals surface area contributed by atoms with E-state index in [0.29, 0.717) is 11.9 Å². The molecule has 0 amide bonds. The first kappa shape index (κ1) is 24.8. The number of hydrogen-bond acceptors (Lipinski definition) is 8. The Morgan fingerprint density at radius 2 is 1.64 bits per heavy atom. The number of pyridine rings is 1. The van der Waals surface area contributed by atoms with Gasteiger partial charge >= 0.3 is 12.1 Å². The lowest BCUT2D eigenvalue weighted by atomic mass is 9.93. The molecule has 0 atom stereocenters. The summed E-state index contributed by atoms with van der Waals surface area (Å²) < 4.78 is 31.7. The van der Waals surface area contributed by atoms with Crippen LogP contribution in [0, 0.1) is 0 Å². The number of nitrogens with zero attached hydrogens (tertiary/aromatic N) is 7. The monoisotopic (exact) mass is 497 g/mol. The van der Waals surface area contributed by atoms with Crippen molar-refractivity contribution in [1.29, 1.82) is 0 Å². The average Bonchev–Trinajstić information content (AvgIpc) is 2.83. The molecule has 5 rings (SSSR count). The number of rotatable bonds is 4. The molecule has 9 nitrogen and oxygen atoms in total. The summed E-state index contributed by atoms with van der Waals surface area (Å²) in [4.78, 5) is 35.9. The number of aromatic nitrogens is 5. The van der Waals surface area contributed by atoms with Gasteiger partial charge in [-0.05, 0) is 18.2 Å². The maximum absolute atomic E-state index is 10.6. The van der Waals surface area contributed by atoms with Gasteiger partial charge in [0.15, 0.2) is 0 Å². The number of carboxylic acid groups (broad SMARTS) is 1. The van der Waals surface area contributed by atoms with Crippen molar-refractivity contribution < 1.29 is 23.1 Å². The van der Waals surface area contributed by atoms with E-state index in [1.165, 1.54) is 0 Å². The average molecular weight is 497 g/mol. The summed E-state index contributed by atoms with van der Waals surface area (Å²) in [5, 5.41) is 8.28. The predicted molar refractivity (Wildman–Crippen MR) is 128 cm³/mol. The topological polar surface area (TPSA) is 108 Å². The summed E-state index contributed by atoms with van der Waals surface area (Å²) >= 11 is 0. The molecule has 1 aromatic carbocycles. The lowest BCUT2D eigenvalue weighted by molar-refractivity contribution is -0.192. The van der Waals surface area contributed by atoms with Crippen molar-refractivity contribution >= 4 is 28.6 Å². The molecule has 0 saturated carbocycles. The van der Waals surface area contributed by atoms with Crippen LogP contribution >= 0.6 is 0 Å². The van der Waals surface area contributed by atoms with Gasteiger partial charge in [0, 0.05) is 68.8 Å². The third-order valence-corrected chi connectivity index (χ3v) is 5.46. The molecule has 4 heterocycles. The van der Waals surface area contributed by atoms with Crippen LogP contribution in [0.3, 0.4) is 0 Å². The van der Waals surface area contributed by atoms with Crippen molar-refractivity contribution in [2.24, 2.45) is 0 Å². The number of hydrogen-bond donors (Lipinski definition) is 1. The standard InChI is InChI=1S/C22H21N7.C2HF3O2/c1-28(2)22-25-11-16(12-26-22)20-21(24-10-9-23-20)17-13-29(14-17)19-8-7-15-5-3-4-6-18(15)27-19;3-2(4,5)1(6)7/h3-12,17H,13-14H2,1-2H3;(H,6,7). The molecule has 1 aliphatic heterocycles. The third kappa shape index (κ3) is 5.48. The fourth-order valence-corrected chi connectivity index (χ4v) is 3.61. The molecule has 186 valence electrons. The Balaban J connectivity index is 0.000000384. The Labute approximate surface area is 204 Å². The second kappa shape index (κ2) is 10.1. The van der Waals surface area contributed by atoms with Crippen LogP contribution in [-0.2, 0) is 4.79 Å². The summed E-state index contributed by atoms with van der Waals surface area (Å²) in [6.07, 6.45) is 2.03. The molecule has 0 unspecified atom stereocenters. The van der Waals surface area contributed by atoms with Gasteiger partial charge in [0.2, 0.25) is 5.95 Å². The first-order valence-corrected chi connectivity index (χ1v) is 10.8. The number of para-hydroxylation sites is 1. The normalized spacial score (nSPS) is 13.5. The molecule has 1 aliphatic rings. The van der Waals surface area contributed by atoms with Crippen LogP contribution in [0.4, 0.5) is 24.9 Å². The van der Waals surface area contributed by atoms with E-state index >= 15 is 0 Å². The van der Waals surface area contributed by atoms with Gasteiger partial charge in [-0.2, -0.15) is 13.2 Å². The Bertz CT molecular complexity index is 1360. The van der Waals surface area contributed by atoms with Crippen LogP contribution < -0.4 is 9.80 Å². The summed E-state index contributed by atoms with van der Waals surface area (Å²) in [6.45, 7) is 1.74. The Kier molecular flexibility index (Phi) is 6.95. The van der Waals surface area contributed by atoms with Gasteiger partial charge in [-0.3, -0.25) is 9.97 Å². The van der Waals surface area contributed by atoms with E-state index in [4.69, 9.17) is 14.9 Å². The molecule has 0 radical (unpaired) electrons. The number of fused-ring (bicyclic) bond motifs is 1. The number of benzene rings is 1. The van der Waals surface area contributed by atoms with Crippen LogP contribution in [0.15, 0.2) is 61.2 Å². The first-order valence-electron chi connectivity index (χ1n) is 10.8. The quantitative estimate of drug-likeness (QED) is 0.451. The van der Waals surface area contributed by atoms with E-state index in [1.807, 2.05) is 49.6 Å². The maximum Gasteiger partial charge on any atom is 0.490 e. The zero-order valence-corrected chi connectivity index (χ0v) is 19.4. The van der Waals surface area contributed by atoms with E-state index in [0.717, 1.165) is 46.8 Å². The van der Waals surface area contributed by atoms with Gasteiger partial charge < -0.3 is 14.9 Å². The number of carbonyl (C=O) groups is 1. The number of aliphatic carboxylic acids is 1. The molecule has 3 aromatic heterocycles. The highest BCUT2D eigenvalue weighted by Gasteiger charge is 2.38. The predicted octanol–water partition coefficient (Wildman–Crippen LogP) is 3.78. The molecular weight excluding hydrogens is 475 g/mol. The molecule has 36 heavy (non-hydrogen) atoms. The largest absolute Gasteiger partial charge is 0.490 e. The van der Waals surface area contributed by atoms with Crippen LogP contribution in [0.5, 0.6) is 0 Å². The van der Waals surface area contributed by atoms with E-state index < -0.39 is 12.1 Å². The molecular formula is C24H22F3N7O2. The zero-order chi connectivity index (χ0) is 25.9. The zero-order valence-electron chi connectivity index (χ0n) is 19.4. The lowest BCUT2D eigenvalue weighted by Crippen LogP contribution is -2.46. The fourth-order valence-electron chi connectivity index (χ4n) is 3.61. The molecule has 0 aliphatic carbocycles. The Morgan fingerprint density at radius 1 is 1.00 bits per heavy atom. The highest BCUT2D eigenvalue weighted by Crippen LogP contribution is 2.34. The summed E-state index contributed by atoms with van der Waals surface area (Å²) in [6, 6.07) is 12.4. The van der Waals surface area contributed by atoms with Crippen molar-refractivity contribution in [2.75, 3.05) is 37.0 Å². The summed E-state index contributed by atoms with van der Waals surface area (Å²) in [7, 11) is 3.85. The highest BCUT2D eigenvalue weighted by molar-refractivity contribution is 5.80. The van der Waals surface area contributed by atoms with Gasteiger partial charge in [0.1, 0.15) is 5.82 Å². The number of halogens is 3. The molecule has 0 bridgehead atoms. The van der Waals surface area contributed by atoms with Gasteiger partial charge in [-0.15, -0.1) is 0 Å².